The number of carbonyl (C=O) groups excluding carboxylic acids is 4. The Balaban J connectivity index is 1.36. The number of piperidine rings is 1. The van der Waals surface area contributed by atoms with Crippen LogP contribution in [0.2, 0.25) is 0 Å². The number of nitrogens with one attached hydrogen (secondary N) is 2. The summed E-state index contributed by atoms with van der Waals surface area (Å²) in [6.45, 7) is 0.672. The second-order valence-electron chi connectivity index (χ2n) is 12.1. The van der Waals surface area contributed by atoms with Gasteiger partial charge in [0.25, 0.3) is 11.7 Å². The number of ketones is 1. The van der Waals surface area contributed by atoms with Crippen LogP contribution in [0.1, 0.15) is 93.8 Å². The second-order valence-corrected chi connectivity index (χ2v) is 12.1. The van der Waals surface area contributed by atoms with E-state index in [1.54, 1.807) is 30.2 Å². The summed E-state index contributed by atoms with van der Waals surface area (Å²) in [6.07, 6.45) is 15.5. The largest absolute Gasteiger partial charge is 0.497 e. The van der Waals surface area contributed by atoms with Crippen LogP contribution < -0.4 is 10.1 Å². The number of amides is 3. The Morgan fingerprint density at radius 1 is 0.951 bits per heavy atom. The molecule has 2 aliphatic carbocycles. The van der Waals surface area contributed by atoms with E-state index in [1.807, 2.05) is 0 Å². The van der Waals surface area contributed by atoms with Gasteiger partial charge in [0, 0.05) is 41.8 Å². The van der Waals surface area contributed by atoms with Gasteiger partial charge in [0.2, 0.25) is 11.8 Å². The van der Waals surface area contributed by atoms with Gasteiger partial charge in [-0.3, -0.25) is 19.2 Å². The zero-order chi connectivity index (χ0) is 28.8. The van der Waals surface area contributed by atoms with Crippen LogP contribution in [-0.2, 0) is 14.4 Å². The molecule has 0 radical (unpaired) electrons. The first-order valence-corrected chi connectivity index (χ1v) is 15.5. The van der Waals surface area contributed by atoms with Crippen molar-refractivity contribution in [2.75, 3.05) is 33.3 Å². The fourth-order valence-corrected chi connectivity index (χ4v) is 7.25. The van der Waals surface area contributed by atoms with Crippen molar-refractivity contribution in [3.63, 3.8) is 0 Å². The molecule has 3 aliphatic rings. The fourth-order valence-electron chi connectivity index (χ4n) is 7.25. The van der Waals surface area contributed by atoms with E-state index < -0.39 is 11.7 Å². The van der Waals surface area contributed by atoms with Crippen LogP contribution in [0.3, 0.4) is 0 Å². The third-order valence-corrected chi connectivity index (χ3v) is 9.51. The molecule has 5 rings (SSSR count). The Morgan fingerprint density at radius 3 is 2.34 bits per heavy atom. The zero-order valence-electron chi connectivity index (χ0n) is 24.3. The SMILES string of the molecule is COc1ccc2c(C(=O)C(=O)N(CC(=O)NC3(C4CCCCC4)CCCCC3)CC(=O)N3CCCCC3)c[nH]c2c1. The number of likely N-dealkylation sites (tertiary alicyclic amines) is 1. The number of fused-ring (bicyclic) bond motifs is 1. The van der Waals surface area contributed by atoms with Crippen molar-refractivity contribution in [3.05, 3.63) is 30.0 Å². The average molecular weight is 565 g/mol. The van der Waals surface area contributed by atoms with Crippen LogP contribution in [0.5, 0.6) is 5.75 Å². The van der Waals surface area contributed by atoms with Crippen molar-refractivity contribution in [3.8, 4) is 5.75 Å². The van der Waals surface area contributed by atoms with Crippen LogP contribution in [0, 0.1) is 5.92 Å². The molecule has 2 N–H and O–H groups in total. The summed E-state index contributed by atoms with van der Waals surface area (Å²) in [7, 11) is 1.56. The highest BCUT2D eigenvalue weighted by Crippen LogP contribution is 2.41. The highest BCUT2D eigenvalue weighted by atomic mass is 16.5. The van der Waals surface area contributed by atoms with E-state index >= 15 is 0 Å². The Kier molecular flexibility index (Phi) is 9.30. The first-order chi connectivity index (χ1) is 19.9. The minimum Gasteiger partial charge on any atom is -0.497 e. The number of H-pyrrole nitrogens is 1. The number of hydrogen-bond donors (Lipinski definition) is 2. The lowest BCUT2D eigenvalue weighted by molar-refractivity contribution is -0.141. The Morgan fingerprint density at radius 2 is 1.63 bits per heavy atom. The monoisotopic (exact) mass is 564 g/mol. The van der Waals surface area contributed by atoms with Gasteiger partial charge >= 0.3 is 0 Å². The predicted molar refractivity (Wildman–Crippen MR) is 157 cm³/mol. The normalized spacial score (nSPS) is 19.5. The van der Waals surface area contributed by atoms with Gasteiger partial charge < -0.3 is 24.8 Å². The van der Waals surface area contributed by atoms with E-state index in [0.29, 0.717) is 35.7 Å². The lowest BCUT2D eigenvalue weighted by Gasteiger charge is -2.46. The molecule has 1 aromatic heterocycles. The molecule has 2 aromatic rings. The number of ether oxygens (including phenoxy) is 1. The van der Waals surface area contributed by atoms with Crippen LogP contribution in [-0.4, -0.2) is 77.1 Å². The number of aromatic nitrogens is 1. The first-order valence-electron chi connectivity index (χ1n) is 15.5. The minimum atomic E-state index is -0.836. The quantitative estimate of drug-likeness (QED) is 0.342. The molecule has 1 aliphatic heterocycles. The van der Waals surface area contributed by atoms with Gasteiger partial charge in [-0.05, 0) is 63.0 Å². The fraction of sp³-hybridized carbons (Fsp3) is 0.625. The number of rotatable bonds is 9. The molecule has 0 spiro atoms. The number of aromatic amines is 1. The van der Waals surface area contributed by atoms with E-state index in [1.165, 1.54) is 31.9 Å². The summed E-state index contributed by atoms with van der Waals surface area (Å²) in [6, 6.07) is 5.23. The highest BCUT2D eigenvalue weighted by Gasteiger charge is 2.42. The second kappa shape index (κ2) is 13.1. The summed E-state index contributed by atoms with van der Waals surface area (Å²) in [5.41, 5.74) is 0.622. The van der Waals surface area contributed by atoms with Gasteiger partial charge in [0.05, 0.1) is 12.7 Å². The van der Waals surface area contributed by atoms with Gasteiger partial charge in [-0.1, -0.05) is 38.5 Å². The summed E-state index contributed by atoms with van der Waals surface area (Å²) >= 11 is 0. The number of methoxy groups -OCH3 is 1. The molecule has 1 saturated heterocycles. The average Bonchev–Trinajstić information content (AvgIpc) is 3.44. The maximum atomic E-state index is 13.7. The third-order valence-electron chi connectivity index (χ3n) is 9.51. The molecule has 2 heterocycles. The third kappa shape index (κ3) is 6.60. The molecular weight excluding hydrogens is 520 g/mol. The smallest absolute Gasteiger partial charge is 0.295 e. The summed E-state index contributed by atoms with van der Waals surface area (Å²) in [5, 5.41) is 3.96. The van der Waals surface area contributed by atoms with Gasteiger partial charge in [0.15, 0.2) is 0 Å². The minimum absolute atomic E-state index is 0.217. The standard InChI is InChI=1S/C32H44N4O5/c1-41-24-13-14-25-26(20-33-27(25)19-24)30(39)31(40)36(22-29(38)35-17-9-4-10-18-35)21-28(37)34-32(15-7-3-8-16-32)23-11-5-2-6-12-23/h13-14,19-20,23,33H,2-12,15-18,21-22H2,1H3,(H,34,37). The Labute approximate surface area is 242 Å². The maximum Gasteiger partial charge on any atom is 0.295 e. The van der Waals surface area contributed by atoms with Crippen LogP contribution in [0.25, 0.3) is 10.9 Å². The van der Waals surface area contributed by atoms with Gasteiger partial charge in [-0.15, -0.1) is 0 Å². The molecule has 0 unspecified atom stereocenters. The molecule has 2 saturated carbocycles. The molecule has 222 valence electrons. The lowest BCUT2D eigenvalue weighted by Crippen LogP contribution is -2.58. The van der Waals surface area contributed by atoms with Gasteiger partial charge in [-0.25, -0.2) is 0 Å². The van der Waals surface area contributed by atoms with Crippen molar-refractivity contribution in [1.82, 2.24) is 20.1 Å². The van der Waals surface area contributed by atoms with Crippen LogP contribution in [0.15, 0.2) is 24.4 Å². The summed E-state index contributed by atoms with van der Waals surface area (Å²) in [4.78, 5) is 60.1. The van der Waals surface area contributed by atoms with Crippen molar-refractivity contribution >= 4 is 34.4 Å². The van der Waals surface area contributed by atoms with Crippen molar-refractivity contribution in [1.29, 1.82) is 0 Å². The number of nitrogens with zero attached hydrogens (tertiary/aromatic N) is 2. The predicted octanol–water partition coefficient (Wildman–Crippen LogP) is 4.60. The van der Waals surface area contributed by atoms with E-state index in [9.17, 15) is 19.2 Å². The molecule has 9 nitrogen and oxygen atoms in total. The molecule has 0 bridgehead atoms. The van der Waals surface area contributed by atoms with Crippen molar-refractivity contribution in [2.45, 2.75) is 89.0 Å². The van der Waals surface area contributed by atoms with Crippen molar-refractivity contribution in [2.24, 2.45) is 5.92 Å². The number of hydrogen-bond acceptors (Lipinski definition) is 5. The molecule has 41 heavy (non-hydrogen) atoms. The Hall–Kier alpha value is -3.36. The van der Waals surface area contributed by atoms with Crippen molar-refractivity contribution < 1.29 is 23.9 Å². The Bertz CT molecular complexity index is 1250. The first kappa shape index (κ1) is 29.1. The summed E-state index contributed by atoms with van der Waals surface area (Å²) < 4.78 is 5.27. The topological polar surface area (TPSA) is 112 Å². The van der Waals surface area contributed by atoms with E-state index in [4.69, 9.17) is 4.74 Å². The zero-order valence-corrected chi connectivity index (χ0v) is 24.3. The van der Waals surface area contributed by atoms with Gasteiger partial charge in [0.1, 0.15) is 18.8 Å². The van der Waals surface area contributed by atoms with E-state index in [0.717, 1.165) is 62.7 Å². The molecule has 1 aromatic carbocycles. The molecular formula is C32H44N4O5. The van der Waals surface area contributed by atoms with E-state index in [2.05, 4.69) is 10.3 Å². The molecule has 9 heteroatoms. The number of carbonyl (C=O) groups is 4. The molecule has 3 amide bonds. The van der Waals surface area contributed by atoms with Crippen LogP contribution >= 0.6 is 0 Å². The molecule has 3 fully saturated rings. The van der Waals surface area contributed by atoms with E-state index in [-0.39, 0.29) is 36.0 Å². The maximum absolute atomic E-state index is 13.7. The highest BCUT2D eigenvalue weighted by molar-refractivity contribution is 6.45. The van der Waals surface area contributed by atoms with Crippen LogP contribution in [0.4, 0.5) is 0 Å². The lowest BCUT2D eigenvalue weighted by atomic mass is 9.67. The summed E-state index contributed by atoms with van der Waals surface area (Å²) in [5.74, 6) is -1.01. The molecule has 0 atom stereocenters. The number of Topliss-reactive ketones (excluding diaryl/α,β-unsaturated/α-hetero) is 1. The number of benzene rings is 1. The van der Waals surface area contributed by atoms with Gasteiger partial charge in [-0.2, -0.15) is 0 Å².